The lowest BCUT2D eigenvalue weighted by atomic mass is 10.2. The molecule has 0 bridgehead atoms. The molecule has 2 aromatic carbocycles. The molecule has 0 aliphatic rings. The molecule has 0 aliphatic carbocycles. The Morgan fingerprint density at radius 2 is 2.04 bits per heavy atom. The van der Waals surface area contributed by atoms with Gasteiger partial charge >= 0.3 is 0 Å². The predicted molar refractivity (Wildman–Crippen MR) is 102 cm³/mol. The fourth-order valence-electron chi connectivity index (χ4n) is 2.05. The number of para-hydroxylation sites is 1. The largest absolute Gasteiger partial charge is 0.503 e. The van der Waals surface area contributed by atoms with Gasteiger partial charge in [0.15, 0.2) is 11.5 Å². The third-order valence-corrected chi connectivity index (χ3v) is 3.83. The number of ether oxygens (including phenoxy) is 1. The molecule has 142 valence electrons. The standard InChI is InChI=1S/C18H17BrFN3O4/c1-2-27-15-8-11(7-12(19)18(15)26)10-21-23-17(25)9-16(24)22-14-6-4-3-5-13(14)20/h3-8,10,26H,2,9H2,1H3,(H,22,24)(H,23,25)/b21-10+. The van der Waals surface area contributed by atoms with Crippen molar-refractivity contribution in [1.82, 2.24) is 5.43 Å². The van der Waals surface area contributed by atoms with Gasteiger partial charge in [0.1, 0.15) is 12.2 Å². The van der Waals surface area contributed by atoms with Crippen molar-refractivity contribution < 1.29 is 23.8 Å². The highest BCUT2D eigenvalue weighted by atomic mass is 79.9. The van der Waals surface area contributed by atoms with Gasteiger partial charge in [-0.25, -0.2) is 9.82 Å². The molecule has 0 saturated carbocycles. The van der Waals surface area contributed by atoms with Crippen LogP contribution in [0.4, 0.5) is 10.1 Å². The maximum Gasteiger partial charge on any atom is 0.249 e. The minimum absolute atomic E-state index is 0.00352. The van der Waals surface area contributed by atoms with Crippen molar-refractivity contribution in [2.24, 2.45) is 5.10 Å². The number of benzene rings is 2. The summed E-state index contributed by atoms with van der Waals surface area (Å²) in [5.41, 5.74) is 2.76. The van der Waals surface area contributed by atoms with Crippen LogP contribution in [0.1, 0.15) is 18.9 Å². The van der Waals surface area contributed by atoms with Crippen molar-refractivity contribution in [2.45, 2.75) is 13.3 Å². The molecule has 2 aromatic rings. The van der Waals surface area contributed by atoms with E-state index >= 15 is 0 Å². The monoisotopic (exact) mass is 437 g/mol. The van der Waals surface area contributed by atoms with Crippen molar-refractivity contribution in [1.29, 1.82) is 0 Å². The fourth-order valence-corrected chi connectivity index (χ4v) is 2.51. The maximum absolute atomic E-state index is 13.5. The van der Waals surface area contributed by atoms with Gasteiger partial charge in [0.2, 0.25) is 11.8 Å². The Labute approximate surface area is 163 Å². The van der Waals surface area contributed by atoms with E-state index < -0.39 is 24.1 Å². The Hall–Kier alpha value is -2.94. The van der Waals surface area contributed by atoms with Crippen LogP contribution in [0.25, 0.3) is 0 Å². The summed E-state index contributed by atoms with van der Waals surface area (Å²) < 4.78 is 19.2. The first-order valence-electron chi connectivity index (χ1n) is 7.92. The summed E-state index contributed by atoms with van der Waals surface area (Å²) in [4.78, 5) is 23.5. The van der Waals surface area contributed by atoms with E-state index in [1.807, 2.05) is 0 Å². The van der Waals surface area contributed by atoms with Gasteiger partial charge in [-0.15, -0.1) is 0 Å². The third-order valence-electron chi connectivity index (χ3n) is 3.22. The molecular weight excluding hydrogens is 421 g/mol. The molecule has 0 unspecified atom stereocenters. The van der Waals surface area contributed by atoms with Crippen LogP contribution in [-0.4, -0.2) is 29.7 Å². The molecule has 0 spiro atoms. The highest BCUT2D eigenvalue weighted by Gasteiger charge is 2.11. The lowest BCUT2D eigenvalue weighted by molar-refractivity contribution is -0.126. The number of phenols is 1. The highest BCUT2D eigenvalue weighted by Crippen LogP contribution is 2.35. The Kier molecular flexibility index (Phi) is 7.30. The topological polar surface area (TPSA) is 100 Å². The smallest absolute Gasteiger partial charge is 0.249 e. The molecule has 0 aliphatic heterocycles. The van der Waals surface area contributed by atoms with Gasteiger partial charge in [0.25, 0.3) is 0 Å². The minimum Gasteiger partial charge on any atom is -0.503 e. The van der Waals surface area contributed by atoms with Crippen molar-refractivity contribution in [3.8, 4) is 11.5 Å². The zero-order valence-electron chi connectivity index (χ0n) is 14.3. The zero-order valence-corrected chi connectivity index (χ0v) is 15.9. The molecule has 2 amide bonds. The first-order valence-corrected chi connectivity index (χ1v) is 8.71. The highest BCUT2D eigenvalue weighted by molar-refractivity contribution is 9.10. The Morgan fingerprint density at radius 1 is 1.30 bits per heavy atom. The van der Waals surface area contributed by atoms with E-state index in [1.54, 1.807) is 25.1 Å². The third kappa shape index (κ3) is 6.07. The number of aromatic hydroxyl groups is 1. The molecule has 0 fully saturated rings. The average molecular weight is 438 g/mol. The van der Waals surface area contributed by atoms with E-state index in [-0.39, 0.29) is 17.2 Å². The SMILES string of the molecule is CCOc1cc(/C=N/NC(=O)CC(=O)Nc2ccccc2F)cc(Br)c1O. The van der Waals surface area contributed by atoms with Crippen molar-refractivity contribution in [3.05, 3.63) is 52.3 Å². The second-order valence-corrected chi connectivity index (χ2v) is 6.13. The summed E-state index contributed by atoms with van der Waals surface area (Å²) in [5, 5.41) is 15.9. The summed E-state index contributed by atoms with van der Waals surface area (Å²) in [6.07, 6.45) is 0.814. The Morgan fingerprint density at radius 3 is 2.74 bits per heavy atom. The molecule has 0 saturated heterocycles. The summed E-state index contributed by atoms with van der Waals surface area (Å²) in [5.74, 6) is -1.69. The maximum atomic E-state index is 13.5. The van der Waals surface area contributed by atoms with Gasteiger partial charge in [-0.2, -0.15) is 5.10 Å². The van der Waals surface area contributed by atoms with Gasteiger partial charge in [-0.1, -0.05) is 12.1 Å². The molecule has 0 heterocycles. The summed E-state index contributed by atoms with van der Waals surface area (Å²) in [7, 11) is 0. The number of hydrogen-bond acceptors (Lipinski definition) is 5. The molecule has 7 nitrogen and oxygen atoms in total. The van der Waals surface area contributed by atoms with Crippen LogP contribution in [0.15, 0.2) is 46.0 Å². The van der Waals surface area contributed by atoms with Gasteiger partial charge in [-0.3, -0.25) is 9.59 Å². The zero-order chi connectivity index (χ0) is 19.8. The van der Waals surface area contributed by atoms with E-state index in [0.29, 0.717) is 16.6 Å². The molecule has 27 heavy (non-hydrogen) atoms. The normalized spacial score (nSPS) is 10.6. The number of hydrogen-bond donors (Lipinski definition) is 3. The van der Waals surface area contributed by atoms with Gasteiger partial charge in [-0.05, 0) is 52.7 Å². The molecule has 0 radical (unpaired) electrons. The van der Waals surface area contributed by atoms with Crippen molar-refractivity contribution >= 4 is 39.6 Å². The molecule has 9 heteroatoms. The minimum atomic E-state index is -0.668. The van der Waals surface area contributed by atoms with Gasteiger partial charge in [0, 0.05) is 0 Å². The van der Waals surface area contributed by atoms with E-state index in [0.717, 1.165) is 0 Å². The number of hydrazone groups is 1. The fraction of sp³-hybridized carbons (Fsp3) is 0.167. The number of phenolic OH excluding ortho intramolecular Hbond substituents is 1. The molecule has 0 aromatic heterocycles. The van der Waals surface area contributed by atoms with Crippen LogP contribution < -0.4 is 15.5 Å². The number of carbonyl (C=O) groups excluding carboxylic acids is 2. The van der Waals surface area contributed by atoms with Gasteiger partial charge < -0.3 is 15.2 Å². The van der Waals surface area contributed by atoms with Crippen molar-refractivity contribution in [3.63, 3.8) is 0 Å². The molecule has 0 atom stereocenters. The van der Waals surface area contributed by atoms with Crippen LogP contribution in [-0.2, 0) is 9.59 Å². The van der Waals surface area contributed by atoms with Gasteiger partial charge in [0.05, 0.1) is 23.0 Å². The predicted octanol–water partition coefficient (Wildman–Crippen LogP) is 3.17. The van der Waals surface area contributed by atoms with E-state index in [1.165, 1.54) is 24.4 Å². The number of halogens is 2. The molecular formula is C18H17BrFN3O4. The molecule has 3 N–H and O–H groups in total. The second kappa shape index (κ2) is 9.67. The number of rotatable bonds is 7. The van der Waals surface area contributed by atoms with Crippen LogP contribution in [0.5, 0.6) is 11.5 Å². The van der Waals surface area contributed by atoms with Crippen LogP contribution in [0.2, 0.25) is 0 Å². The van der Waals surface area contributed by atoms with Crippen LogP contribution >= 0.6 is 15.9 Å². The summed E-state index contributed by atoms with van der Waals surface area (Å²) in [6.45, 7) is 2.15. The number of nitrogens with one attached hydrogen (secondary N) is 2. The average Bonchev–Trinajstić information content (AvgIpc) is 2.61. The Balaban J connectivity index is 1.91. The van der Waals surface area contributed by atoms with Crippen LogP contribution in [0, 0.1) is 5.82 Å². The number of anilines is 1. The quantitative estimate of drug-likeness (QED) is 0.351. The number of carbonyl (C=O) groups is 2. The summed E-state index contributed by atoms with van der Waals surface area (Å²) in [6, 6.07) is 8.77. The lowest BCUT2D eigenvalue weighted by Crippen LogP contribution is -2.24. The lowest BCUT2D eigenvalue weighted by Gasteiger charge is -2.08. The van der Waals surface area contributed by atoms with Crippen molar-refractivity contribution in [2.75, 3.05) is 11.9 Å². The first kappa shape index (κ1) is 20.4. The second-order valence-electron chi connectivity index (χ2n) is 5.28. The summed E-state index contributed by atoms with van der Waals surface area (Å²) >= 11 is 3.20. The van der Waals surface area contributed by atoms with E-state index in [2.05, 4.69) is 31.8 Å². The van der Waals surface area contributed by atoms with E-state index in [4.69, 9.17) is 4.74 Å². The number of amides is 2. The van der Waals surface area contributed by atoms with E-state index in [9.17, 15) is 19.1 Å². The van der Waals surface area contributed by atoms with Crippen LogP contribution in [0.3, 0.4) is 0 Å². The Bertz CT molecular complexity index is 874. The molecule has 2 rings (SSSR count). The number of nitrogens with zero attached hydrogens (tertiary/aromatic N) is 1. The first-order chi connectivity index (χ1) is 12.9.